The van der Waals surface area contributed by atoms with E-state index >= 15 is 0 Å². The summed E-state index contributed by atoms with van der Waals surface area (Å²) in [4.78, 5) is 12.7. The monoisotopic (exact) mass is 378 g/mol. The molecule has 1 aliphatic heterocycles. The molecule has 0 amide bonds. The average Bonchev–Trinajstić information content (AvgIpc) is 2.63. The summed E-state index contributed by atoms with van der Waals surface area (Å²) in [7, 11) is 3.19. The van der Waals surface area contributed by atoms with Crippen molar-refractivity contribution in [2.24, 2.45) is 0 Å². The minimum Gasteiger partial charge on any atom is -0.493 e. The zero-order chi connectivity index (χ0) is 18.7. The molecular weight excluding hydrogens is 356 g/mol. The lowest BCUT2D eigenvalue weighted by molar-refractivity contribution is 0.249. The maximum Gasteiger partial charge on any atom is 0.223 e. The molecular formula is C17H23ClN6O2. The number of nitrogens with two attached hydrogens (primary N) is 2. The summed E-state index contributed by atoms with van der Waals surface area (Å²) in [5, 5.41) is 0.589. The van der Waals surface area contributed by atoms with Gasteiger partial charge in [0, 0.05) is 38.8 Å². The molecule has 140 valence electrons. The average molecular weight is 379 g/mol. The van der Waals surface area contributed by atoms with Crippen molar-refractivity contribution in [2.45, 2.75) is 6.54 Å². The molecule has 26 heavy (non-hydrogen) atoms. The van der Waals surface area contributed by atoms with E-state index in [0.29, 0.717) is 22.3 Å². The highest BCUT2D eigenvalue weighted by Crippen LogP contribution is 2.37. The summed E-state index contributed by atoms with van der Waals surface area (Å²) in [6, 6.07) is 5.60. The Morgan fingerprint density at radius 2 is 1.81 bits per heavy atom. The van der Waals surface area contributed by atoms with Gasteiger partial charge in [-0.25, -0.2) is 0 Å². The highest BCUT2D eigenvalue weighted by molar-refractivity contribution is 6.33. The SMILES string of the molecule is COc1ccc(CN2CCN(c3cc(N)nc(N)n3)CC2)c(Cl)c1OC. The van der Waals surface area contributed by atoms with Crippen LogP contribution in [0.1, 0.15) is 5.56 Å². The molecule has 0 radical (unpaired) electrons. The molecule has 9 heteroatoms. The number of methoxy groups -OCH3 is 2. The zero-order valence-corrected chi connectivity index (χ0v) is 15.7. The Bertz CT molecular complexity index is 760. The number of piperazine rings is 1. The van der Waals surface area contributed by atoms with Crippen LogP contribution >= 0.6 is 11.6 Å². The van der Waals surface area contributed by atoms with E-state index in [4.69, 9.17) is 32.5 Å². The second-order valence-electron chi connectivity index (χ2n) is 6.05. The van der Waals surface area contributed by atoms with Crippen LogP contribution in [0.3, 0.4) is 0 Å². The lowest BCUT2D eigenvalue weighted by Gasteiger charge is -2.35. The van der Waals surface area contributed by atoms with E-state index in [1.54, 1.807) is 20.3 Å². The first-order chi connectivity index (χ1) is 12.5. The Morgan fingerprint density at radius 3 is 2.42 bits per heavy atom. The highest BCUT2D eigenvalue weighted by Gasteiger charge is 2.21. The van der Waals surface area contributed by atoms with Crippen LogP contribution in [-0.2, 0) is 6.54 Å². The van der Waals surface area contributed by atoms with E-state index in [2.05, 4.69) is 19.8 Å². The number of anilines is 3. The van der Waals surface area contributed by atoms with Crippen molar-refractivity contribution in [3.63, 3.8) is 0 Å². The van der Waals surface area contributed by atoms with Crippen molar-refractivity contribution in [1.29, 1.82) is 0 Å². The van der Waals surface area contributed by atoms with Gasteiger partial charge in [0.05, 0.1) is 19.2 Å². The van der Waals surface area contributed by atoms with Gasteiger partial charge in [0.2, 0.25) is 5.95 Å². The van der Waals surface area contributed by atoms with Gasteiger partial charge in [-0.15, -0.1) is 0 Å². The molecule has 1 saturated heterocycles. The summed E-state index contributed by atoms with van der Waals surface area (Å²) < 4.78 is 10.7. The Kier molecular flexibility index (Phi) is 5.53. The summed E-state index contributed by atoms with van der Waals surface area (Å²) >= 11 is 6.48. The molecule has 3 rings (SSSR count). The fraction of sp³-hybridized carbons (Fsp3) is 0.412. The van der Waals surface area contributed by atoms with E-state index in [9.17, 15) is 0 Å². The normalized spacial score (nSPS) is 15.1. The second-order valence-corrected chi connectivity index (χ2v) is 6.42. The third-order valence-electron chi connectivity index (χ3n) is 4.40. The standard InChI is InChI=1S/C17H23ClN6O2/c1-25-12-4-3-11(15(18)16(12)26-2)10-23-5-7-24(8-6-23)14-9-13(19)21-17(20)22-14/h3-4,9H,5-8,10H2,1-2H3,(H4,19,20,21,22). The number of rotatable bonds is 5. The van der Waals surface area contributed by atoms with Crippen molar-refractivity contribution in [1.82, 2.24) is 14.9 Å². The largest absolute Gasteiger partial charge is 0.493 e. The van der Waals surface area contributed by atoms with Crippen molar-refractivity contribution < 1.29 is 9.47 Å². The maximum absolute atomic E-state index is 6.48. The van der Waals surface area contributed by atoms with Gasteiger partial charge in [-0.05, 0) is 11.6 Å². The topological polar surface area (TPSA) is 103 Å². The fourth-order valence-electron chi connectivity index (χ4n) is 3.06. The molecule has 1 aromatic carbocycles. The van der Waals surface area contributed by atoms with Crippen LogP contribution in [0.2, 0.25) is 5.02 Å². The second kappa shape index (κ2) is 7.84. The van der Waals surface area contributed by atoms with Gasteiger partial charge in [0.15, 0.2) is 11.5 Å². The van der Waals surface area contributed by atoms with Gasteiger partial charge >= 0.3 is 0 Å². The smallest absolute Gasteiger partial charge is 0.223 e. The molecule has 0 spiro atoms. The molecule has 8 nitrogen and oxygen atoms in total. The number of ether oxygens (including phenoxy) is 2. The maximum atomic E-state index is 6.48. The van der Waals surface area contributed by atoms with Crippen molar-refractivity contribution in [3.05, 3.63) is 28.8 Å². The predicted molar refractivity (Wildman–Crippen MR) is 103 cm³/mol. The highest BCUT2D eigenvalue weighted by atomic mass is 35.5. The van der Waals surface area contributed by atoms with Gasteiger partial charge in [0.1, 0.15) is 11.6 Å². The number of aromatic nitrogens is 2. The lowest BCUT2D eigenvalue weighted by atomic mass is 10.1. The quantitative estimate of drug-likeness (QED) is 0.809. The van der Waals surface area contributed by atoms with Gasteiger partial charge in [0.25, 0.3) is 0 Å². The van der Waals surface area contributed by atoms with Gasteiger partial charge in [-0.3, -0.25) is 4.90 Å². The van der Waals surface area contributed by atoms with Crippen LogP contribution in [0.25, 0.3) is 0 Å². The number of hydrogen-bond donors (Lipinski definition) is 2. The molecule has 2 heterocycles. The fourth-order valence-corrected chi connectivity index (χ4v) is 3.35. The summed E-state index contributed by atoms with van der Waals surface area (Å²) in [6.07, 6.45) is 0. The number of nitrogens with zero attached hydrogens (tertiary/aromatic N) is 4. The van der Waals surface area contributed by atoms with E-state index in [0.717, 1.165) is 44.1 Å². The Morgan fingerprint density at radius 1 is 1.08 bits per heavy atom. The third-order valence-corrected chi connectivity index (χ3v) is 4.82. The van der Waals surface area contributed by atoms with Gasteiger partial charge in [-0.1, -0.05) is 17.7 Å². The van der Waals surface area contributed by atoms with E-state index in [1.165, 1.54) is 0 Å². The molecule has 1 fully saturated rings. The zero-order valence-electron chi connectivity index (χ0n) is 14.9. The predicted octanol–water partition coefficient (Wildman–Crippen LogP) is 1.63. The summed E-state index contributed by atoms with van der Waals surface area (Å²) in [5.41, 5.74) is 12.5. The van der Waals surface area contributed by atoms with Gasteiger partial charge < -0.3 is 25.8 Å². The summed E-state index contributed by atoms with van der Waals surface area (Å²) in [5.74, 6) is 2.53. The van der Waals surface area contributed by atoms with E-state index < -0.39 is 0 Å². The van der Waals surface area contributed by atoms with Crippen molar-refractivity contribution in [2.75, 3.05) is 56.8 Å². The number of hydrogen-bond acceptors (Lipinski definition) is 8. The molecule has 1 aliphatic rings. The Hall–Kier alpha value is -2.45. The first kappa shape index (κ1) is 18.3. The van der Waals surface area contributed by atoms with Crippen molar-refractivity contribution >= 4 is 29.2 Å². The van der Waals surface area contributed by atoms with Crippen LogP contribution < -0.4 is 25.8 Å². The molecule has 1 aromatic heterocycles. The van der Waals surface area contributed by atoms with E-state index in [1.807, 2.05) is 12.1 Å². The van der Waals surface area contributed by atoms with E-state index in [-0.39, 0.29) is 5.95 Å². The molecule has 0 aliphatic carbocycles. The minimum atomic E-state index is 0.194. The molecule has 2 aromatic rings. The molecule has 4 N–H and O–H groups in total. The van der Waals surface area contributed by atoms with Crippen LogP contribution in [0.5, 0.6) is 11.5 Å². The van der Waals surface area contributed by atoms with Crippen LogP contribution in [0.4, 0.5) is 17.6 Å². The number of nitrogen functional groups attached to an aromatic ring is 2. The number of benzene rings is 1. The molecule has 0 saturated carbocycles. The van der Waals surface area contributed by atoms with Crippen LogP contribution in [-0.4, -0.2) is 55.3 Å². The first-order valence-corrected chi connectivity index (χ1v) is 8.66. The Balaban J connectivity index is 1.66. The van der Waals surface area contributed by atoms with Crippen molar-refractivity contribution in [3.8, 4) is 11.5 Å². The number of halogens is 1. The van der Waals surface area contributed by atoms with Crippen LogP contribution in [0.15, 0.2) is 18.2 Å². The lowest BCUT2D eigenvalue weighted by Crippen LogP contribution is -2.46. The van der Waals surface area contributed by atoms with Gasteiger partial charge in [-0.2, -0.15) is 9.97 Å². The molecule has 0 atom stereocenters. The van der Waals surface area contributed by atoms with Crippen LogP contribution in [0, 0.1) is 0 Å². The molecule has 0 unspecified atom stereocenters. The minimum absolute atomic E-state index is 0.194. The Labute approximate surface area is 157 Å². The molecule has 0 bridgehead atoms. The summed E-state index contributed by atoms with van der Waals surface area (Å²) in [6.45, 7) is 4.12. The first-order valence-electron chi connectivity index (χ1n) is 8.28. The third kappa shape index (κ3) is 3.86.